The van der Waals surface area contributed by atoms with Crippen LogP contribution in [0, 0.1) is 0 Å². The maximum absolute atomic E-state index is 11.4. The molecule has 2 heterocycles. The molecule has 0 atom stereocenters. The van der Waals surface area contributed by atoms with E-state index in [-0.39, 0.29) is 5.97 Å². The topological polar surface area (TPSA) is 39.4 Å². The average molecular weight is 258 g/mol. The molecule has 0 fully saturated rings. The Labute approximate surface area is 108 Å². The molecule has 0 radical (unpaired) electrons. The zero-order valence-corrected chi connectivity index (χ0v) is 10.5. The van der Waals surface area contributed by atoms with Gasteiger partial charge in [0.05, 0.1) is 12.0 Å². The monoisotopic (exact) mass is 258 g/mol. The van der Waals surface area contributed by atoms with Crippen LogP contribution in [0.15, 0.2) is 46.9 Å². The molecular weight excluding hydrogens is 248 g/mol. The number of fused-ring (bicyclic) bond motifs is 1. The van der Waals surface area contributed by atoms with Crippen molar-refractivity contribution in [1.82, 2.24) is 0 Å². The minimum absolute atomic E-state index is 0.317. The van der Waals surface area contributed by atoms with E-state index in [9.17, 15) is 4.79 Å². The fourth-order valence-electron chi connectivity index (χ4n) is 1.78. The second kappa shape index (κ2) is 4.31. The Hall–Kier alpha value is -2.07. The molecule has 3 nitrogen and oxygen atoms in total. The van der Waals surface area contributed by atoms with E-state index in [1.165, 1.54) is 18.4 Å². The summed E-state index contributed by atoms with van der Waals surface area (Å²) in [6, 6.07) is 13.4. The van der Waals surface area contributed by atoms with Gasteiger partial charge in [-0.05, 0) is 24.3 Å². The van der Waals surface area contributed by atoms with Gasteiger partial charge in [-0.3, -0.25) is 0 Å². The van der Waals surface area contributed by atoms with E-state index in [0.29, 0.717) is 4.88 Å². The molecule has 4 heteroatoms. The van der Waals surface area contributed by atoms with Crippen LogP contribution in [0.2, 0.25) is 0 Å². The summed E-state index contributed by atoms with van der Waals surface area (Å²) in [4.78, 5) is 12.9. The number of ether oxygens (including phenoxy) is 1. The fourth-order valence-corrected chi connectivity index (χ4v) is 2.66. The fraction of sp³-hybridized carbons (Fsp3) is 0.0714. The number of benzene rings is 1. The van der Waals surface area contributed by atoms with Gasteiger partial charge in [-0.1, -0.05) is 18.2 Å². The lowest BCUT2D eigenvalue weighted by molar-refractivity contribution is 0.0606. The molecule has 0 spiro atoms. The summed E-state index contributed by atoms with van der Waals surface area (Å²) >= 11 is 1.37. The lowest BCUT2D eigenvalue weighted by atomic mass is 10.2. The van der Waals surface area contributed by atoms with E-state index in [1.807, 2.05) is 36.4 Å². The Kier molecular flexibility index (Phi) is 2.64. The van der Waals surface area contributed by atoms with Crippen molar-refractivity contribution in [1.29, 1.82) is 0 Å². The summed E-state index contributed by atoms with van der Waals surface area (Å²) in [5.41, 5.74) is 0.848. The highest BCUT2D eigenvalue weighted by molar-refractivity contribution is 7.17. The molecule has 0 N–H and O–H groups in total. The van der Waals surface area contributed by atoms with Crippen LogP contribution >= 0.6 is 11.3 Å². The number of thiophene rings is 1. The molecule has 0 saturated heterocycles. The summed E-state index contributed by atoms with van der Waals surface area (Å²) in [5.74, 6) is 0.457. The largest absolute Gasteiger partial charge is 0.465 e. The van der Waals surface area contributed by atoms with Gasteiger partial charge in [0, 0.05) is 5.39 Å². The van der Waals surface area contributed by atoms with Crippen LogP contribution < -0.4 is 0 Å². The third kappa shape index (κ3) is 1.80. The summed E-state index contributed by atoms with van der Waals surface area (Å²) < 4.78 is 10.4. The van der Waals surface area contributed by atoms with Crippen molar-refractivity contribution in [3.8, 4) is 10.6 Å². The highest BCUT2D eigenvalue weighted by Crippen LogP contribution is 2.32. The first kappa shape index (κ1) is 11.0. The van der Waals surface area contributed by atoms with Gasteiger partial charge in [-0.2, -0.15) is 0 Å². The average Bonchev–Trinajstić information content (AvgIpc) is 3.03. The second-order valence-electron chi connectivity index (χ2n) is 3.80. The second-order valence-corrected chi connectivity index (χ2v) is 4.89. The summed E-state index contributed by atoms with van der Waals surface area (Å²) in [5, 5.41) is 1.06. The first-order valence-electron chi connectivity index (χ1n) is 5.45. The molecule has 2 aromatic heterocycles. The molecule has 3 aromatic rings. The molecule has 0 saturated carbocycles. The van der Waals surface area contributed by atoms with Crippen molar-refractivity contribution in [2.75, 3.05) is 7.11 Å². The maximum Gasteiger partial charge on any atom is 0.348 e. The Bertz CT molecular complexity index is 675. The normalized spacial score (nSPS) is 10.7. The van der Waals surface area contributed by atoms with E-state index in [4.69, 9.17) is 4.42 Å². The molecule has 3 rings (SSSR count). The van der Waals surface area contributed by atoms with Crippen LogP contribution in [-0.2, 0) is 4.74 Å². The van der Waals surface area contributed by atoms with Gasteiger partial charge in [-0.15, -0.1) is 11.3 Å². The molecule has 1 aromatic carbocycles. The number of para-hydroxylation sites is 1. The van der Waals surface area contributed by atoms with E-state index in [0.717, 1.165) is 21.6 Å². The molecule has 0 aliphatic heterocycles. The quantitative estimate of drug-likeness (QED) is 0.653. The first-order valence-corrected chi connectivity index (χ1v) is 6.26. The third-order valence-corrected chi connectivity index (χ3v) is 3.74. The van der Waals surface area contributed by atoms with Crippen molar-refractivity contribution in [3.05, 3.63) is 47.3 Å². The summed E-state index contributed by atoms with van der Waals surface area (Å²) in [6.45, 7) is 0. The highest BCUT2D eigenvalue weighted by atomic mass is 32.1. The van der Waals surface area contributed by atoms with Crippen LogP contribution in [0.25, 0.3) is 21.6 Å². The number of esters is 1. The van der Waals surface area contributed by atoms with Crippen LogP contribution in [0.4, 0.5) is 0 Å². The lowest BCUT2D eigenvalue weighted by Crippen LogP contribution is -1.96. The zero-order valence-electron chi connectivity index (χ0n) is 9.67. The van der Waals surface area contributed by atoms with Crippen LogP contribution in [0.3, 0.4) is 0 Å². The van der Waals surface area contributed by atoms with Gasteiger partial charge in [0.15, 0.2) is 0 Å². The minimum Gasteiger partial charge on any atom is -0.465 e. The van der Waals surface area contributed by atoms with Crippen molar-refractivity contribution in [2.24, 2.45) is 0 Å². The van der Waals surface area contributed by atoms with Gasteiger partial charge < -0.3 is 9.15 Å². The molecule has 90 valence electrons. The van der Waals surface area contributed by atoms with E-state index in [2.05, 4.69) is 4.74 Å². The Morgan fingerprint density at radius 2 is 2.06 bits per heavy atom. The maximum atomic E-state index is 11.4. The predicted molar refractivity (Wildman–Crippen MR) is 70.9 cm³/mol. The molecular formula is C14H10O3S. The van der Waals surface area contributed by atoms with E-state index < -0.39 is 0 Å². The van der Waals surface area contributed by atoms with E-state index in [1.54, 1.807) is 6.07 Å². The lowest BCUT2D eigenvalue weighted by Gasteiger charge is -1.92. The Morgan fingerprint density at radius 1 is 1.22 bits per heavy atom. The van der Waals surface area contributed by atoms with Crippen molar-refractivity contribution < 1.29 is 13.9 Å². The predicted octanol–water partition coefficient (Wildman–Crippen LogP) is 3.95. The van der Waals surface area contributed by atoms with Gasteiger partial charge >= 0.3 is 5.97 Å². The zero-order chi connectivity index (χ0) is 12.5. The van der Waals surface area contributed by atoms with Crippen LogP contribution in [-0.4, -0.2) is 13.1 Å². The third-order valence-electron chi connectivity index (χ3n) is 2.66. The van der Waals surface area contributed by atoms with Gasteiger partial charge in [0.1, 0.15) is 16.2 Å². The molecule has 0 amide bonds. The standard InChI is InChI=1S/C14H10O3S/c1-16-14(15)13-7-6-12(18-13)11-8-9-4-2-3-5-10(9)17-11/h2-8H,1H3. The van der Waals surface area contributed by atoms with Crippen LogP contribution in [0.1, 0.15) is 9.67 Å². The SMILES string of the molecule is COC(=O)c1ccc(-c2cc3ccccc3o2)s1. The van der Waals surface area contributed by atoms with E-state index >= 15 is 0 Å². The van der Waals surface area contributed by atoms with Gasteiger partial charge in [0.25, 0.3) is 0 Å². The molecule has 0 aliphatic carbocycles. The van der Waals surface area contributed by atoms with Crippen molar-refractivity contribution in [3.63, 3.8) is 0 Å². The number of rotatable bonds is 2. The van der Waals surface area contributed by atoms with Crippen molar-refractivity contribution >= 4 is 28.3 Å². The smallest absolute Gasteiger partial charge is 0.348 e. The number of carbonyl (C=O) groups excluding carboxylic acids is 1. The number of hydrogen-bond donors (Lipinski definition) is 0. The van der Waals surface area contributed by atoms with Crippen molar-refractivity contribution in [2.45, 2.75) is 0 Å². The highest BCUT2D eigenvalue weighted by Gasteiger charge is 2.12. The molecule has 0 bridgehead atoms. The number of furan rings is 1. The Morgan fingerprint density at radius 3 is 2.83 bits per heavy atom. The van der Waals surface area contributed by atoms with Gasteiger partial charge in [0.2, 0.25) is 0 Å². The molecule has 18 heavy (non-hydrogen) atoms. The first-order chi connectivity index (χ1) is 8.78. The number of hydrogen-bond acceptors (Lipinski definition) is 4. The number of methoxy groups -OCH3 is 1. The minimum atomic E-state index is -0.317. The summed E-state index contributed by atoms with van der Waals surface area (Å²) in [6.07, 6.45) is 0. The Balaban J connectivity index is 2.03. The van der Waals surface area contributed by atoms with Gasteiger partial charge in [-0.25, -0.2) is 4.79 Å². The molecule has 0 aliphatic rings. The molecule has 0 unspecified atom stereocenters. The summed E-state index contributed by atoms with van der Waals surface area (Å²) in [7, 11) is 1.38. The van der Waals surface area contributed by atoms with Crippen LogP contribution in [0.5, 0.6) is 0 Å². The number of carbonyl (C=O) groups is 1.